The normalized spacial score (nSPS) is 22.3. The smallest absolute Gasteiger partial charge is 0.244 e. The van der Waals surface area contributed by atoms with E-state index in [0.717, 1.165) is 18.5 Å². The van der Waals surface area contributed by atoms with Gasteiger partial charge in [-0.05, 0) is 31.4 Å². The molecule has 5 nitrogen and oxygen atoms in total. The van der Waals surface area contributed by atoms with E-state index in [2.05, 4.69) is 15.0 Å². The highest BCUT2D eigenvalue weighted by atomic mass is 35.5. The Morgan fingerprint density at radius 3 is 2.78 bits per heavy atom. The minimum Gasteiger partial charge on any atom is -0.494 e. The number of methoxy groups -OCH3 is 1. The third-order valence-corrected chi connectivity index (χ3v) is 5.29. The fourth-order valence-electron chi connectivity index (χ4n) is 3.72. The van der Waals surface area contributed by atoms with Crippen molar-refractivity contribution in [2.45, 2.75) is 44.2 Å². The third-order valence-electron chi connectivity index (χ3n) is 4.99. The molecule has 1 aromatic heterocycles. The van der Waals surface area contributed by atoms with Gasteiger partial charge in [0.05, 0.1) is 23.7 Å². The van der Waals surface area contributed by atoms with Crippen LogP contribution in [0, 0.1) is 0 Å². The molecule has 1 unspecified atom stereocenters. The lowest BCUT2D eigenvalue weighted by Crippen LogP contribution is -2.46. The van der Waals surface area contributed by atoms with Crippen LogP contribution in [-0.2, 0) is 0 Å². The van der Waals surface area contributed by atoms with Crippen LogP contribution >= 0.6 is 11.6 Å². The van der Waals surface area contributed by atoms with Gasteiger partial charge in [-0.3, -0.25) is 4.90 Å². The van der Waals surface area contributed by atoms with Crippen LogP contribution < -0.4 is 4.74 Å². The molecule has 0 amide bonds. The fraction of sp³-hybridized carbons (Fsp3) is 0.529. The minimum absolute atomic E-state index is 0.268. The number of hydrogen-bond acceptors (Lipinski definition) is 5. The van der Waals surface area contributed by atoms with E-state index in [1.807, 2.05) is 12.1 Å². The number of ether oxygens (including phenoxy) is 1. The van der Waals surface area contributed by atoms with E-state index in [1.54, 1.807) is 13.2 Å². The van der Waals surface area contributed by atoms with Crippen LogP contribution in [0.4, 0.5) is 0 Å². The Bertz CT molecular complexity index is 697. The summed E-state index contributed by atoms with van der Waals surface area (Å²) in [5.41, 5.74) is 0.765. The quantitative estimate of drug-likeness (QED) is 0.843. The van der Waals surface area contributed by atoms with Crippen LogP contribution in [0.15, 0.2) is 22.7 Å². The molecule has 2 heterocycles. The van der Waals surface area contributed by atoms with E-state index in [-0.39, 0.29) is 6.04 Å². The van der Waals surface area contributed by atoms with Crippen molar-refractivity contribution in [3.05, 3.63) is 29.1 Å². The number of para-hydroxylation sites is 1. The number of likely N-dealkylation sites (tertiary alicyclic amines) is 1. The largest absolute Gasteiger partial charge is 0.494 e. The summed E-state index contributed by atoms with van der Waals surface area (Å²) in [5, 5.41) is 4.70. The Morgan fingerprint density at radius 2 is 2.09 bits per heavy atom. The molecule has 1 aliphatic heterocycles. The van der Waals surface area contributed by atoms with Crippen molar-refractivity contribution < 1.29 is 9.26 Å². The first-order valence-electron chi connectivity index (χ1n) is 8.20. The van der Waals surface area contributed by atoms with Crippen molar-refractivity contribution in [3.8, 4) is 17.1 Å². The van der Waals surface area contributed by atoms with Crippen LogP contribution in [-0.4, -0.2) is 34.7 Å². The number of aromatic nitrogens is 2. The van der Waals surface area contributed by atoms with Gasteiger partial charge in [0, 0.05) is 12.6 Å². The first-order chi connectivity index (χ1) is 11.3. The Morgan fingerprint density at radius 1 is 1.26 bits per heavy atom. The van der Waals surface area contributed by atoms with E-state index >= 15 is 0 Å². The Hall–Kier alpha value is -1.59. The molecule has 0 bridgehead atoms. The lowest BCUT2D eigenvalue weighted by molar-refractivity contribution is 0.0224. The Labute approximate surface area is 140 Å². The summed E-state index contributed by atoms with van der Waals surface area (Å²) >= 11 is 6.18. The molecule has 1 aliphatic carbocycles. The zero-order valence-corrected chi connectivity index (χ0v) is 13.9. The van der Waals surface area contributed by atoms with Gasteiger partial charge < -0.3 is 9.26 Å². The van der Waals surface area contributed by atoms with Crippen molar-refractivity contribution in [1.29, 1.82) is 0 Å². The van der Waals surface area contributed by atoms with Crippen molar-refractivity contribution in [3.63, 3.8) is 0 Å². The Kier molecular flexibility index (Phi) is 3.99. The number of benzene rings is 1. The highest BCUT2D eigenvalue weighted by Gasteiger charge is 2.39. The average Bonchev–Trinajstić information content (AvgIpc) is 3.18. The number of nitrogens with zero attached hydrogens (tertiary/aromatic N) is 3. The molecular weight excluding hydrogens is 314 g/mol. The van der Waals surface area contributed by atoms with Gasteiger partial charge in [-0.15, -0.1) is 0 Å². The fourth-order valence-corrected chi connectivity index (χ4v) is 3.97. The molecule has 0 N–H and O–H groups in total. The molecule has 2 aliphatic rings. The molecule has 4 rings (SSSR count). The second-order valence-electron chi connectivity index (χ2n) is 6.26. The van der Waals surface area contributed by atoms with Crippen molar-refractivity contribution in [2.75, 3.05) is 13.7 Å². The molecule has 2 aromatic rings. The molecule has 1 aromatic carbocycles. The first-order valence-corrected chi connectivity index (χ1v) is 8.58. The van der Waals surface area contributed by atoms with Gasteiger partial charge >= 0.3 is 0 Å². The van der Waals surface area contributed by atoms with Gasteiger partial charge in [0.25, 0.3) is 0 Å². The molecule has 122 valence electrons. The molecule has 6 heteroatoms. The van der Waals surface area contributed by atoms with Crippen LogP contribution in [0.1, 0.15) is 44.0 Å². The lowest BCUT2D eigenvalue weighted by Gasteiger charge is -2.42. The minimum atomic E-state index is 0.268. The molecule has 0 radical (unpaired) electrons. The second-order valence-corrected chi connectivity index (χ2v) is 6.66. The Balaban J connectivity index is 1.59. The van der Waals surface area contributed by atoms with Crippen molar-refractivity contribution in [1.82, 2.24) is 15.0 Å². The summed E-state index contributed by atoms with van der Waals surface area (Å²) in [6.45, 7) is 1.13. The van der Waals surface area contributed by atoms with Gasteiger partial charge in [0.2, 0.25) is 11.7 Å². The third kappa shape index (κ3) is 2.62. The van der Waals surface area contributed by atoms with E-state index in [0.29, 0.717) is 28.5 Å². The number of halogens is 1. The standard InChI is InChI=1S/C17H20ClN3O2/c1-22-15-12(7-4-8-13(15)18)16-19-17(23-20-16)14-9-10-21(14)11-5-2-3-6-11/h4,7-8,11,14H,2-3,5-6,9-10H2,1H3. The maximum absolute atomic E-state index is 6.18. The van der Waals surface area contributed by atoms with E-state index < -0.39 is 0 Å². The van der Waals surface area contributed by atoms with Gasteiger partial charge in [-0.1, -0.05) is 35.7 Å². The maximum Gasteiger partial charge on any atom is 0.244 e. The molecular formula is C17H20ClN3O2. The zero-order chi connectivity index (χ0) is 15.8. The van der Waals surface area contributed by atoms with E-state index in [1.165, 1.54) is 25.7 Å². The van der Waals surface area contributed by atoms with Crippen LogP contribution in [0.3, 0.4) is 0 Å². The zero-order valence-electron chi connectivity index (χ0n) is 13.2. The topological polar surface area (TPSA) is 51.4 Å². The van der Waals surface area contributed by atoms with Gasteiger partial charge in [0.1, 0.15) is 5.75 Å². The first kappa shape index (κ1) is 15.0. The summed E-state index contributed by atoms with van der Waals surface area (Å²) in [6, 6.07) is 6.51. The van der Waals surface area contributed by atoms with Crippen LogP contribution in [0.25, 0.3) is 11.4 Å². The van der Waals surface area contributed by atoms with Gasteiger partial charge in [0.15, 0.2) is 0 Å². The predicted molar refractivity (Wildman–Crippen MR) is 87.6 cm³/mol. The van der Waals surface area contributed by atoms with Crippen LogP contribution in [0.2, 0.25) is 5.02 Å². The summed E-state index contributed by atoms with van der Waals surface area (Å²) in [4.78, 5) is 7.13. The summed E-state index contributed by atoms with van der Waals surface area (Å²) in [5.74, 6) is 1.83. The molecule has 1 atom stereocenters. The van der Waals surface area contributed by atoms with Crippen molar-refractivity contribution in [2.24, 2.45) is 0 Å². The van der Waals surface area contributed by atoms with Gasteiger partial charge in [-0.25, -0.2) is 0 Å². The SMILES string of the molecule is COc1c(Cl)cccc1-c1noc(C2CCN2C2CCCC2)n1. The molecule has 0 spiro atoms. The summed E-state index contributed by atoms with van der Waals surface area (Å²) in [7, 11) is 1.60. The number of hydrogen-bond donors (Lipinski definition) is 0. The predicted octanol–water partition coefficient (Wildman–Crippen LogP) is 4.09. The lowest BCUT2D eigenvalue weighted by atomic mass is 9.98. The maximum atomic E-state index is 6.18. The van der Waals surface area contributed by atoms with Crippen molar-refractivity contribution >= 4 is 11.6 Å². The molecule has 1 saturated heterocycles. The van der Waals surface area contributed by atoms with Crippen LogP contribution in [0.5, 0.6) is 5.75 Å². The van der Waals surface area contributed by atoms with E-state index in [9.17, 15) is 0 Å². The molecule has 2 fully saturated rings. The van der Waals surface area contributed by atoms with E-state index in [4.69, 9.17) is 20.9 Å². The molecule has 1 saturated carbocycles. The number of rotatable bonds is 4. The average molecular weight is 334 g/mol. The summed E-state index contributed by atoms with van der Waals surface area (Å²) < 4.78 is 10.9. The monoisotopic (exact) mass is 333 g/mol. The summed E-state index contributed by atoms with van der Waals surface area (Å²) in [6.07, 6.45) is 6.34. The highest BCUT2D eigenvalue weighted by Crippen LogP contribution is 2.40. The second kappa shape index (κ2) is 6.13. The highest BCUT2D eigenvalue weighted by molar-refractivity contribution is 6.32. The molecule has 23 heavy (non-hydrogen) atoms. The van der Waals surface area contributed by atoms with Gasteiger partial charge in [-0.2, -0.15) is 4.98 Å².